The van der Waals surface area contributed by atoms with Gasteiger partial charge < -0.3 is 10.6 Å². The van der Waals surface area contributed by atoms with Crippen LogP contribution < -0.4 is 5.73 Å². The van der Waals surface area contributed by atoms with Crippen LogP contribution >= 0.6 is 15.9 Å². The minimum atomic E-state index is -0.221. The molecule has 1 aromatic rings. The molecule has 1 aliphatic rings. The van der Waals surface area contributed by atoms with Crippen LogP contribution in [0.3, 0.4) is 0 Å². The van der Waals surface area contributed by atoms with Crippen LogP contribution in [-0.2, 0) is 6.42 Å². The Morgan fingerprint density at radius 3 is 2.76 bits per heavy atom. The van der Waals surface area contributed by atoms with E-state index in [0.717, 1.165) is 24.8 Å². The van der Waals surface area contributed by atoms with Crippen molar-refractivity contribution in [2.24, 2.45) is 11.7 Å². The Morgan fingerprint density at radius 1 is 1.48 bits per heavy atom. The van der Waals surface area contributed by atoms with Crippen molar-refractivity contribution in [3.63, 3.8) is 0 Å². The Hall–Kier alpha value is -0.450. The summed E-state index contributed by atoms with van der Waals surface area (Å²) in [6.07, 6.45) is 5.60. The number of nitrogens with two attached hydrogens (primary N) is 1. The summed E-state index contributed by atoms with van der Waals surface area (Å²) in [5, 5.41) is 0. The lowest BCUT2D eigenvalue weighted by Crippen LogP contribution is -2.60. The van der Waals surface area contributed by atoms with Crippen molar-refractivity contribution < 1.29 is 4.39 Å². The molecule has 1 aromatic carbocycles. The van der Waals surface area contributed by atoms with Gasteiger partial charge in [0.2, 0.25) is 0 Å². The second-order valence-electron chi connectivity index (χ2n) is 6.76. The zero-order valence-electron chi connectivity index (χ0n) is 13.2. The number of rotatable bonds is 4. The van der Waals surface area contributed by atoms with E-state index in [0.29, 0.717) is 10.4 Å². The van der Waals surface area contributed by atoms with Crippen LogP contribution in [0.2, 0.25) is 0 Å². The lowest BCUT2D eigenvalue weighted by atomic mass is 9.70. The molecule has 0 aromatic heterocycles. The van der Waals surface area contributed by atoms with Crippen molar-refractivity contribution in [2.45, 2.75) is 50.6 Å². The Morgan fingerprint density at radius 2 is 2.19 bits per heavy atom. The molecule has 3 unspecified atom stereocenters. The first-order valence-corrected chi connectivity index (χ1v) is 8.51. The number of likely N-dealkylation sites (N-methyl/N-ethyl adjacent to an activating group) is 1. The van der Waals surface area contributed by atoms with Gasteiger partial charge in [0, 0.05) is 11.6 Å². The minimum absolute atomic E-state index is 0.0541. The topological polar surface area (TPSA) is 29.3 Å². The summed E-state index contributed by atoms with van der Waals surface area (Å²) in [5.74, 6) is 0.494. The highest BCUT2D eigenvalue weighted by molar-refractivity contribution is 9.10. The molecule has 0 aliphatic heterocycles. The molecule has 0 bridgehead atoms. The normalized spacial score (nSPS) is 27.9. The second kappa shape index (κ2) is 6.76. The number of hydrogen-bond donors (Lipinski definition) is 1. The third-order valence-electron chi connectivity index (χ3n) is 5.03. The van der Waals surface area contributed by atoms with E-state index in [1.165, 1.54) is 18.9 Å². The van der Waals surface area contributed by atoms with E-state index >= 15 is 0 Å². The molecule has 1 aliphatic carbocycles. The van der Waals surface area contributed by atoms with Gasteiger partial charge >= 0.3 is 0 Å². The van der Waals surface area contributed by atoms with Gasteiger partial charge in [0.25, 0.3) is 0 Å². The average Bonchev–Trinajstić information content (AvgIpc) is 2.42. The minimum Gasteiger partial charge on any atom is -0.326 e. The van der Waals surface area contributed by atoms with Crippen molar-refractivity contribution in [1.82, 2.24) is 4.90 Å². The fourth-order valence-corrected chi connectivity index (χ4v) is 4.18. The van der Waals surface area contributed by atoms with Crippen LogP contribution in [0.5, 0.6) is 0 Å². The Labute approximate surface area is 136 Å². The highest BCUT2D eigenvalue weighted by atomic mass is 79.9. The van der Waals surface area contributed by atoms with Gasteiger partial charge in [-0.15, -0.1) is 0 Å². The molecular formula is C17H26BrFN2. The van der Waals surface area contributed by atoms with Gasteiger partial charge in [-0.2, -0.15) is 0 Å². The third kappa shape index (κ3) is 3.66. The average molecular weight is 357 g/mol. The molecule has 4 heteroatoms. The zero-order chi connectivity index (χ0) is 15.6. The van der Waals surface area contributed by atoms with Gasteiger partial charge in [0.05, 0.1) is 4.47 Å². The molecular weight excluding hydrogens is 331 g/mol. The highest BCUT2D eigenvalue weighted by Gasteiger charge is 2.41. The summed E-state index contributed by atoms with van der Waals surface area (Å²) in [5.41, 5.74) is 7.76. The summed E-state index contributed by atoms with van der Waals surface area (Å²) in [6.45, 7) is 2.32. The van der Waals surface area contributed by atoms with E-state index in [1.807, 2.05) is 12.1 Å². The molecule has 0 saturated heterocycles. The maximum Gasteiger partial charge on any atom is 0.137 e. The van der Waals surface area contributed by atoms with Gasteiger partial charge in [0.1, 0.15) is 5.82 Å². The molecule has 0 radical (unpaired) electrons. The van der Waals surface area contributed by atoms with Crippen molar-refractivity contribution in [3.8, 4) is 0 Å². The molecule has 1 fully saturated rings. The number of benzene rings is 1. The van der Waals surface area contributed by atoms with Crippen LogP contribution in [0.1, 0.15) is 38.2 Å². The summed E-state index contributed by atoms with van der Waals surface area (Å²) in [7, 11) is 4.27. The third-order valence-corrected chi connectivity index (χ3v) is 5.64. The highest BCUT2D eigenvalue weighted by Crippen LogP contribution is 2.38. The Bertz CT molecular complexity index is 492. The van der Waals surface area contributed by atoms with Gasteiger partial charge in [-0.25, -0.2) is 4.39 Å². The van der Waals surface area contributed by atoms with Crippen molar-refractivity contribution in [2.75, 3.05) is 14.1 Å². The molecule has 3 atom stereocenters. The molecule has 21 heavy (non-hydrogen) atoms. The molecule has 118 valence electrons. The molecule has 2 rings (SSSR count). The van der Waals surface area contributed by atoms with E-state index in [4.69, 9.17) is 5.73 Å². The first kappa shape index (κ1) is 16.9. The first-order chi connectivity index (χ1) is 9.85. The maximum absolute atomic E-state index is 13.4. The van der Waals surface area contributed by atoms with Crippen LogP contribution in [0.15, 0.2) is 22.7 Å². The monoisotopic (exact) mass is 356 g/mol. The van der Waals surface area contributed by atoms with Crippen molar-refractivity contribution >= 4 is 15.9 Å². The molecule has 1 saturated carbocycles. The van der Waals surface area contributed by atoms with Crippen molar-refractivity contribution in [1.29, 1.82) is 0 Å². The van der Waals surface area contributed by atoms with Gasteiger partial charge in [-0.3, -0.25) is 0 Å². The predicted molar refractivity (Wildman–Crippen MR) is 89.8 cm³/mol. The smallest absolute Gasteiger partial charge is 0.137 e. The first-order valence-electron chi connectivity index (χ1n) is 7.72. The SMILES string of the molecule is CC1CCCC(C(N)Cc2ccc(F)c(Br)c2)(N(C)C)C1. The van der Waals surface area contributed by atoms with E-state index in [-0.39, 0.29) is 17.4 Å². The Balaban J connectivity index is 2.18. The summed E-state index contributed by atoms with van der Waals surface area (Å²) >= 11 is 3.26. The second-order valence-corrected chi connectivity index (χ2v) is 7.61. The summed E-state index contributed by atoms with van der Waals surface area (Å²) < 4.78 is 13.9. The number of halogens is 2. The standard InChI is InChI=1S/C17H26BrFN2/c1-12-5-4-8-17(11-12,21(2)3)16(20)10-13-6-7-15(19)14(18)9-13/h6-7,9,12,16H,4-5,8,10-11,20H2,1-3H3. The fourth-order valence-electron chi connectivity index (χ4n) is 3.75. The Kier molecular flexibility index (Phi) is 5.44. The van der Waals surface area contributed by atoms with Gasteiger partial charge in [-0.05, 0) is 72.9 Å². The van der Waals surface area contributed by atoms with E-state index in [9.17, 15) is 4.39 Å². The van der Waals surface area contributed by atoms with Crippen LogP contribution in [0, 0.1) is 11.7 Å². The summed E-state index contributed by atoms with van der Waals surface area (Å²) in [4.78, 5) is 2.31. The molecule has 0 amide bonds. The van der Waals surface area contributed by atoms with E-state index < -0.39 is 0 Å². The molecule has 0 heterocycles. The largest absolute Gasteiger partial charge is 0.326 e. The van der Waals surface area contributed by atoms with Crippen molar-refractivity contribution in [3.05, 3.63) is 34.1 Å². The lowest BCUT2D eigenvalue weighted by Gasteiger charge is -2.49. The van der Waals surface area contributed by atoms with Crippen LogP contribution in [0.25, 0.3) is 0 Å². The predicted octanol–water partition coefficient (Wildman–Crippen LogP) is 3.97. The molecule has 2 N–H and O–H groups in total. The number of hydrogen-bond acceptors (Lipinski definition) is 2. The number of nitrogens with zero attached hydrogens (tertiary/aromatic N) is 1. The molecule has 0 spiro atoms. The quantitative estimate of drug-likeness (QED) is 0.884. The van der Waals surface area contributed by atoms with E-state index in [2.05, 4.69) is 41.8 Å². The lowest BCUT2D eigenvalue weighted by molar-refractivity contribution is 0.0504. The zero-order valence-corrected chi connectivity index (χ0v) is 14.8. The summed E-state index contributed by atoms with van der Waals surface area (Å²) in [6, 6.07) is 5.27. The van der Waals surface area contributed by atoms with Crippen LogP contribution in [0.4, 0.5) is 4.39 Å². The molecule has 2 nitrogen and oxygen atoms in total. The van der Waals surface area contributed by atoms with Gasteiger partial charge in [0.15, 0.2) is 0 Å². The van der Waals surface area contributed by atoms with Gasteiger partial charge in [-0.1, -0.05) is 25.8 Å². The fraction of sp³-hybridized carbons (Fsp3) is 0.647. The van der Waals surface area contributed by atoms with E-state index in [1.54, 1.807) is 0 Å². The maximum atomic E-state index is 13.4. The van der Waals surface area contributed by atoms with Crippen LogP contribution in [-0.4, -0.2) is 30.6 Å².